The van der Waals surface area contributed by atoms with Crippen molar-refractivity contribution in [3.8, 4) is 0 Å². The number of rotatable bonds is 4. The van der Waals surface area contributed by atoms with Gasteiger partial charge in [0.1, 0.15) is 0 Å². The third-order valence-corrected chi connectivity index (χ3v) is 4.06. The summed E-state index contributed by atoms with van der Waals surface area (Å²) in [5.41, 5.74) is 2.68. The van der Waals surface area contributed by atoms with Crippen molar-refractivity contribution in [1.82, 2.24) is 10.6 Å². The molecule has 1 aliphatic rings. The highest BCUT2D eigenvalue weighted by Gasteiger charge is 2.28. The molecule has 0 spiro atoms. The average molecular weight is 260 g/mol. The van der Waals surface area contributed by atoms with Crippen LogP contribution in [0, 0.1) is 12.3 Å². The maximum absolute atomic E-state index is 11.8. The maximum Gasteiger partial charge on any atom is 0.315 e. The fourth-order valence-corrected chi connectivity index (χ4v) is 2.65. The summed E-state index contributed by atoms with van der Waals surface area (Å²) in [6.45, 7) is 5.70. The first-order valence-corrected chi connectivity index (χ1v) is 7.15. The fourth-order valence-electron chi connectivity index (χ4n) is 2.65. The van der Waals surface area contributed by atoms with Gasteiger partial charge in [0, 0.05) is 13.1 Å². The minimum atomic E-state index is -0.0614. The molecule has 2 amide bonds. The van der Waals surface area contributed by atoms with Crippen LogP contribution in [0.15, 0.2) is 24.3 Å². The molecule has 1 saturated carbocycles. The SMILES string of the molecule is Cc1ccc(CNC(=O)NCC2(C)CCCC2)cc1. The Labute approximate surface area is 115 Å². The smallest absolute Gasteiger partial charge is 0.315 e. The molecular formula is C16H24N2O. The summed E-state index contributed by atoms with van der Waals surface area (Å²) < 4.78 is 0. The van der Waals surface area contributed by atoms with E-state index in [1.807, 2.05) is 12.1 Å². The monoisotopic (exact) mass is 260 g/mol. The zero-order valence-corrected chi connectivity index (χ0v) is 12.0. The van der Waals surface area contributed by atoms with E-state index in [1.165, 1.54) is 31.2 Å². The standard InChI is InChI=1S/C16H24N2O/c1-13-5-7-14(8-6-13)11-17-15(19)18-12-16(2)9-3-4-10-16/h5-8H,3-4,9-12H2,1-2H3,(H2,17,18,19). The largest absolute Gasteiger partial charge is 0.338 e. The molecule has 2 N–H and O–H groups in total. The highest BCUT2D eigenvalue weighted by molar-refractivity contribution is 5.73. The molecule has 1 fully saturated rings. The Morgan fingerprint density at radius 3 is 2.42 bits per heavy atom. The Morgan fingerprint density at radius 2 is 1.79 bits per heavy atom. The van der Waals surface area contributed by atoms with Gasteiger partial charge in [0.2, 0.25) is 0 Å². The number of benzene rings is 1. The lowest BCUT2D eigenvalue weighted by Crippen LogP contribution is -2.40. The Bertz CT molecular complexity index is 419. The van der Waals surface area contributed by atoms with Crippen molar-refractivity contribution >= 4 is 6.03 Å². The first-order valence-electron chi connectivity index (χ1n) is 7.15. The van der Waals surface area contributed by atoms with Gasteiger partial charge in [0.25, 0.3) is 0 Å². The van der Waals surface area contributed by atoms with Crippen LogP contribution in [0.4, 0.5) is 4.79 Å². The van der Waals surface area contributed by atoms with Gasteiger partial charge in [0.05, 0.1) is 0 Å². The second-order valence-corrected chi connectivity index (χ2v) is 6.04. The van der Waals surface area contributed by atoms with Crippen LogP contribution in [0.25, 0.3) is 0 Å². The van der Waals surface area contributed by atoms with Crippen molar-refractivity contribution in [2.24, 2.45) is 5.41 Å². The molecule has 1 aliphatic carbocycles. The maximum atomic E-state index is 11.8. The molecule has 0 radical (unpaired) electrons. The van der Waals surface area contributed by atoms with E-state index < -0.39 is 0 Å². The summed E-state index contributed by atoms with van der Waals surface area (Å²) in [7, 11) is 0. The summed E-state index contributed by atoms with van der Waals surface area (Å²) in [6.07, 6.45) is 5.04. The van der Waals surface area contributed by atoms with Gasteiger partial charge in [0.15, 0.2) is 0 Å². The van der Waals surface area contributed by atoms with E-state index in [9.17, 15) is 4.79 Å². The fraction of sp³-hybridized carbons (Fsp3) is 0.562. The lowest BCUT2D eigenvalue weighted by atomic mass is 9.89. The number of hydrogen-bond acceptors (Lipinski definition) is 1. The summed E-state index contributed by atoms with van der Waals surface area (Å²) >= 11 is 0. The molecule has 3 nitrogen and oxygen atoms in total. The second-order valence-electron chi connectivity index (χ2n) is 6.04. The first-order chi connectivity index (χ1) is 9.07. The van der Waals surface area contributed by atoms with Gasteiger partial charge >= 0.3 is 6.03 Å². The predicted molar refractivity (Wildman–Crippen MR) is 78.0 cm³/mol. The van der Waals surface area contributed by atoms with E-state index in [1.54, 1.807) is 0 Å². The van der Waals surface area contributed by atoms with Crippen molar-refractivity contribution in [2.75, 3.05) is 6.54 Å². The molecule has 2 rings (SSSR count). The third-order valence-electron chi connectivity index (χ3n) is 4.06. The summed E-state index contributed by atoms with van der Waals surface area (Å²) in [6, 6.07) is 8.17. The molecule has 0 bridgehead atoms. The molecule has 104 valence electrons. The third kappa shape index (κ3) is 4.27. The van der Waals surface area contributed by atoms with Gasteiger partial charge in [-0.25, -0.2) is 4.79 Å². The van der Waals surface area contributed by atoms with E-state index in [4.69, 9.17) is 0 Å². The number of carbonyl (C=O) groups excluding carboxylic acids is 1. The number of carbonyl (C=O) groups is 1. The van der Waals surface area contributed by atoms with E-state index in [0.717, 1.165) is 12.1 Å². The lowest BCUT2D eigenvalue weighted by molar-refractivity contribution is 0.231. The van der Waals surface area contributed by atoms with Crippen molar-refractivity contribution in [3.05, 3.63) is 35.4 Å². The predicted octanol–water partition coefficient (Wildman–Crippen LogP) is 3.37. The highest BCUT2D eigenvalue weighted by atomic mass is 16.2. The zero-order chi connectivity index (χ0) is 13.7. The Balaban J connectivity index is 1.71. The minimum Gasteiger partial charge on any atom is -0.338 e. The molecule has 0 unspecified atom stereocenters. The molecule has 0 atom stereocenters. The first kappa shape index (κ1) is 13.9. The van der Waals surface area contributed by atoms with Crippen LogP contribution in [-0.4, -0.2) is 12.6 Å². The van der Waals surface area contributed by atoms with Crippen molar-refractivity contribution in [2.45, 2.75) is 46.1 Å². The van der Waals surface area contributed by atoms with Crippen molar-refractivity contribution in [3.63, 3.8) is 0 Å². The van der Waals surface area contributed by atoms with E-state index >= 15 is 0 Å². The minimum absolute atomic E-state index is 0.0614. The Morgan fingerprint density at radius 1 is 1.16 bits per heavy atom. The Kier molecular flexibility index (Phi) is 4.46. The molecule has 1 aromatic carbocycles. The van der Waals surface area contributed by atoms with Crippen LogP contribution in [0.2, 0.25) is 0 Å². The quantitative estimate of drug-likeness (QED) is 0.856. The van der Waals surface area contributed by atoms with Gasteiger partial charge in [-0.2, -0.15) is 0 Å². The van der Waals surface area contributed by atoms with Crippen LogP contribution in [-0.2, 0) is 6.54 Å². The Hall–Kier alpha value is -1.51. The van der Waals surface area contributed by atoms with E-state index in [2.05, 4.69) is 36.6 Å². The summed E-state index contributed by atoms with van der Waals surface area (Å²) in [5, 5.41) is 5.91. The molecule has 0 saturated heterocycles. The van der Waals surface area contributed by atoms with Gasteiger partial charge in [-0.3, -0.25) is 0 Å². The molecule has 19 heavy (non-hydrogen) atoms. The molecule has 0 aliphatic heterocycles. The van der Waals surface area contributed by atoms with Crippen LogP contribution in [0.3, 0.4) is 0 Å². The summed E-state index contributed by atoms with van der Waals surface area (Å²) in [5.74, 6) is 0. The van der Waals surface area contributed by atoms with Crippen molar-refractivity contribution < 1.29 is 4.79 Å². The number of nitrogens with one attached hydrogen (secondary N) is 2. The average Bonchev–Trinajstić information content (AvgIpc) is 2.83. The normalized spacial score (nSPS) is 17.2. The van der Waals surface area contributed by atoms with Crippen LogP contribution in [0.1, 0.15) is 43.7 Å². The second kappa shape index (κ2) is 6.09. The van der Waals surface area contributed by atoms with Crippen LogP contribution >= 0.6 is 0 Å². The molecule has 3 heteroatoms. The topological polar surface area (TPSA) is 41.1 Å². The van der Waals surface area contributed by atoms with Crippen LogP contribution < -0.4 is 10.6 Å². The molecule has 0 heterocycles. The molecule has 0 aromatic heterocycles. The van der Waals surface area contributed by atoms with Crippen molar-refractivity contribution in [1.29, 1.82) is 0 Å². The van der Waals surface area contributed by atoms with Gasteiger partial charge in [-0.1, -0.05) is 49.6 Å². The number of urea groups is 1. The zero-order valence-electron chi connectivity index (χ0n) is 12.0. The van der Waals surface area contributed by atoms with E-state index in [-0.39, 0.29) is 6.03 Å². The van der Waals surface area contributed by atoms with E-state index in [0.29, 0.717) is 12.0 Å². The molecule has 1 aromatic rings. The van der Waals surface area contributed by atoms with Gasteiger partial charge in [-0.05, 0) is 30.7 Å². The lowest BCUT2D eigenvalue weighted by Gasteiger charge is -2.23. The summed E-state index contributed by atoms with van der Waals surface area (Å²) in [4.78, 5) is 11.8. The van der Waals surface area contributed by atoms with Crippen LogP contribution in [0.5, 0.6) is 0 Å². The number of amides is 2. The van der Waals surface area contributed by atoms with Gasteiger partial charge < -0.3 is 10.6 Å². The molecular weight excluding hydrogens is 236 g/mol. The number of hydrogen-bond donors (Lipinski definition) is 2. The highest BCUT2D eigenvalue weighted by Crippen LogP contribution is 2.36. The number of aryl methyl sites for hydroxylation is 1. The van der Waals surface area contributed by atoms with Gasteiger partial charge in [-0.15, -0.1) is 0 Å².